The molecule has 0 saturated carbocycles. The summed E-state index contributed by atoms with van der Waals surface area (Å²) in [6.45, 7) is 11.1. The van der Waals surface area contributed by atoms with Crippen molar-refractivity contribution in [2.24, 2.45) is 0 Å². The van der Waals surface area contributed by atoms with Crippen LogP contribution in [-0.4, -0.2) is 24.3 Å². The molecule has 0 aliphatic carbocycles. The molecule has 146 valence electrons. The van der Waals surface area contributed by atoms with Crippen molar-refractivity contribution in [1.82, 2.24) is 5.32 Å². The summed E-state index contributed by atoms with van der Waals surface area (Å²) in [6, 6.07) is 16.5. The molecule has 0 spiro atoms. The highest BCUT2D eigenvalue weighted by atomic mass is 32.2. The Morgan fingerprint density at radius 2 is 1.70 bits per heavy atom. The summed E-state index contributed by atoms with van der Waals surface area (Å²) in [7, 11) is 0. The van der Waals surface area contributed by atoms with Crippen LogP contribution in [-0.2, 0) is 16.0 Å². The van der Waals surface area contributed by atoms with Crippen molar-refractivity contribution in [2.75, 3.05) is 12.3 Å². The zero-order chi connectivity index (χ0) is 19.9. The summed E-state index contributed by atoms with van der Waals surface area (Å²) in [6.07, 6.45) is -0.507. The van der Waals surface area contributed by atoms with Gasteiger partial charge in [0.15, 0.2) is 6.10 Å². The maximum Gasteiger partial charge on any atom is 0.260 e. The molecule has 1 atom stereocenters. The molecule has 0 aliphatic rings. The molecule has 2 aromatic carbocycles. The van der Waals surface area contributed by atoms with Crippen LogP contribution in [0.2, 0.25) is 0 Å². The van der Waals surface area contributed by atoms with Gasteiger partial charge in [0, 0.05) is 18.1 Å². The molecule has 0 unspecified atom stereocenters. The first-order valence-corrected chi connectivity index (χ1v) is 10.6. The average Bonchev–Trinajstić information content (AvgIpc) is 2.62. The zero-order valence-electron chi connectivity index (χ0n) is 17.0. The van der Waals surface area contributed by atoms with Gasteiger partial charge in [-0.15, -0.1) is 0 Å². The lowest BCUT2D eigenvalue weighted by Gasteiger charge is -2.20. The average molecular weight is 386 g/mol. The number of carbonyl (C=O) groups excluding carboxylic acids is 1. The van der Waals surface area contributed by atoms with Gasteiger partial charge in [-0.05, 0) is 42.5 Å². The fourth-order valence-corrected chi connectivity index (χ4v) is 3.37. The van der Waals surface area contributed by atoms with E-state index in [1.165, 1.54) is 16.7 Å². The van der Waals surface area contributed by atoms with E-state index in [1.807, 2.05) is 23.9 Å². The first-order chi connectivity index (χ1) is 12.8. The lowest BCUT2D eigenvalue weighted by Crippen LogP contribution is -2.37. The van der Waals surface area contributed by atoms with E-state index in [0.717, 1.165) is 17.3 Å². The number of carbonyl (C=O) groups is 1. The number of hydrogen-bond donors (Lipinski definition) is 1. The normalized spacial score (nSPS) is 12.5. The molecule has 3 nitrogen and oxygen atoms in total. The maximum absolute atomic E-state index is 12.2. The largest absolute Gasteiger partial charge is 0.481 e. The number of benzene rings is 2. The molecule has 2 rings (SSSR count). The van der Waals surface area contributed by atoms with Gasteiger partial charge in [0.2, 0.25) is 0 Å². The summed E-state index contributed by atoms with van der Waals surface area (Å²) in [4.78, 5) is 12.2. The first-order valence-electron chi connectivity index (χ1n) is 9.44. The molecule has 0 fully saturated rings. The van der Waals surface area contributed by atoms with Gasteiger partial charge >= 0.3 is 0 Å². The fourth-order valence-electron chi connectivity index (χ4n) is 2.56. The lowest BCUT2D eigenvalue weighted by molar-refractivity contribution is -0.127. The van der Waals surface area contributed by atoms with Crippen molar-refractivity contribution in [2.45, 2.75) is 51.9 Å². The number of ether oxygens (including phenoxy) is 1. The molecule has 4 heteroatoms. The summed E-state index contributed by atoms with van der Waals surface area (Å²) < 4.78 is 5.76. The number of amides is 1. The fraction of sp³-hybridized carbons (Fsp3) is 0.435. The van der Waals surface area contributed by atoms with E-state index < -0.39 is 6.10 Å². The summed E-state index contributed by atoms with van der Waals surface area (Å²) in [5.41, 5.74) is 3.94. The Morgan fingerprint density at radius 1 is 1.07 bits per heavy atom. The van der Waals surface area contributed by atoms with Crippen molar-refractivity contribution < 1.29 is 9.53 Å². The van der Waals surface area contributed by atoms with E-state index in [-0.39, 0.29) is 11.3 Å². The molecule has 0 aliphatic heterocycles. The van der Waals surface area contributed by atoms with Crippen LogP contribution in [0.15, 0.2) is 48.5 Å². The van der Waals surface area contributed by atoms with Crippen LogP contribution in [0, 0.1) is 6.92 Å². The number of rotatable bonds is 8. The van der Waals surface area contributed by atoms with Gasteiger partial charge in [-0.3, -0.25) is 4.79 Å². The third-order valence-corrected chi connectivity index (χ3v) is 5.37. The van der Waals surface area contributed by atoms with Gasteiger partial charge in [-0.1, -0.05) is 62.7 Å². The van der Waals surface area contributed by atoms with Crippen LogP contribution >= 0.6 is 11.8 Å². The predicted molar refractivity (Wildman–Crippen MR) is 116 cm³/mol. The molecular formula is C23H31NO2S. The highest BCUT2D eigenvalue weighted by Crippen LogP contribution is 2.24. The molecule has 0 saturated heterocycles. The molecule has 0 aromatic heterocycles. The van der Waals surface area contributed by atoms with E-state index in [2.05, 4.69) is 69.4 Å². The number of thioether (sulfide) groups is 1. The Kier molecular flexibility index (Phi) is 7.78. The van der Waals surface area contributed by atoms with Crippen molar-refractivity contribution in [3.63, 3.8) is 0 Å². The number of nitrogens with one attached hydrogen (secondary N) is 1. The first kappa shape index (κ1) is 21.4. The minimum absolute atomic E-state index is 0.0779. The smallest absolute Gasteiger partial charge is 0.260 e. The lowest BCUT2D eigenvalue weighted by atomic mass is 9.87. The Bertz CT molecular complexity index is 718. The Hall–Kier alpha value is -1.94. The molecule has 27 heavy (non-hydrogen) atoms. The summed E-state index contributed by atoms with van der Waals surface area (Å²) >= 11 is 1.82. The summed E-state index contributed by atoms with van der Waals surface area (Å²) in [5.74, 6) is 2.49. The van der Waals surface area contributed by atoms with Gasteiger partial charge in [0.05, 0.1) is 0 Å². The Balaban J connectivity index is 1.68. The van der Waals surface area contributed by atoms with Crippen LogP contribution in [0.25, 0.3) is 0 Å². The van der Waals surface area contributed by atoms with E-state index in [1.54, 1.807) is 6.92 Å². The minimum Gasteiger partial charge on any atom is -0.481 e. The predicted octanol–water partition coefficient (Wildman–Crippen LogP) is 5.11. The zero-order valence-corrected chi connectivity index (χ0v) is 17.9. The number of aryl methyl sites for hydroxylation is 1. The van der Waals surface area contributed by atoms with Crippen molar-refractivity contribution in [3.8, 4) is 5.75 Å². The van der Waals surface area contributed by atoms with Crippen molar-refractivity contribution in [1.29, 1.82) is 0 Å². The standard InChI is InChI=1S/C23H31NO2S/c1-17-6-8-19(9-7-17)16-27-15-14-24-22(25)18(2)26-21-12-10-20(11-13-21)23(3,4)5/h6-13,18H,14-16H2,1-5H3,(H,24,25)/t18-/m0/s1. The molecular weight excluding hydrogens is 354 g/mol. The topological polar surface area (TPSA) is 38.3 Å². The SMILES string of the molecule is Cc1ccc(CSCCNC(=O)[C@H](C)Oc2ccc(C(C)(C)C)cc2)cc1. The second kappa shape index (κ2) is 9.84. The third-order valence-electron chi connectivity index (χ3n) is 4.34. The van der Waals surface area contributed by atoms with Crippen LogP contribution in [0.4, 0.5) is 0 Å². The molecule has 0 bridgehead atoms. The van der Waals surface area contributed by atoms with Gasteiger partial charge in [-0.2, -0.15) is 11.8 Å². The second-order valence-corrected chi connectivity index (χ2v) is 8.97. The Labute approximate surface area is 167 Å². The van der Waals surface area contributed by atoms with E-state index in [4.69, 9.17) is 4.74 Å². The Morgan fingerprint density at radius 3 is 2.30 bits per heavy atom. The maximum atomic E-state index is 12.2. The second-order valence-electron chi connectivity index (χ2n) is 7.86. The van der Waals surface area contributed by atoms with E-state index >= 15 is 0 Å². The highest BCUT2D eigenvalue weighted by molar-refractivity contribution is 7.98. The third kappa shape index (κ3) is 7.30. The van der Waals surface area contributed by atoms with Crippen molar-refractivity contribution >= 4 is 17.7 Å². The minimum atomic E-state index is -0.507. The van der Waals surface area contributed by atoms with E-state index in [9.17, 15) is 4.79 Å². The summed E-state index contributed by atoms with van der Waals surface area (Å²) in [5, 5.41) is 2.95. The van der Waals surface area contributed by atoms with Crippen LogP contribution < -0.4 is 10.1 Å². The van der Waals surface area contributed by atoms with Crippen LogP contribution in [0.5, 0.6) is 5.75 Å². The van der Waals surface area contributed by atoms with Gasteiger partial charge in [0.1, 0.15) is 5.75 Å². The van der Waals surface area contributed by atoms with Crippen LogP contribution in [0.1, 0.15) is 44.4 Å². The number of hydrogen-bond acceptors (Lipinski definition) is 3. The molecule has 2 aromatic rings. The van der Waals surface area contributed by atoms with Gasteiger partial charge < -0.3 is 10.1 Å². The van der Waals surface area contributed by atoms with Crippen molar-refractivity contribution in [3.05, 3.63) is 65.2 Å². The molecule has 0 radical (unpaired) electrons. The van der Waals surface area contributed by atoms with Crippen LogP contribution in [0.3, 0.4) is 0 Å². The van der Waals surface area contributed by atoms with Gasteiger partial charge in [0.25, 0.3) is 5.91 Å². The molecule has 1 N–H and O–H groups in total. The van der Waals surface area contributed by atoms with Gasteiger partial charge in [-0.25, -0.2) is 0 Å². The molecule has 0 heterocycles. The quantitative estimate of drug-likeness (QED) is 0.642. The monoisotopic (exact) mass is 385 g/mol. The molecule has 1 amide bonds. The van der Waals surface area contributed by atoms with E-state index in [0.29, 0.717) is 6.54 Å². The highest BCUT2D eigenvalue weighted by Gasteiger charge is 2.16.